The Kier molecular flexibility index (Phi) is 6.04. The molecule has 1 saturated carbocycles. The largest absolute Gasteiger partial charge is 0.468 e. The van der Waals surface area contributed by atoms with Crippen LogP contribution in [-0.4, -0.2) is 23.7 Å². The summed E-state index contributed by atoms with van der Waals surface area (Å²) in [6, 6.07) is 7.79. The zero-order chi connectivity index (χ0) is 21.1. The van der Waals surface area contributed by atoms with Crippen LogP contribution >= 0.6 is 0 Å². The quantitative estimate of drug-likeness (QED) is 0.651. The summed E-state index contributed by atoms with van der Waals surface area (Å²) < 4.78 is 68.1. The number of hydrogen-bond donors (Lipinski definition) is 1. The van der Waals surface area contributed by atoms with Gasteiger partial charge in [0.2, 0.25) is 11.8 Å². The van der Waals surface area contributed by atoms with Crippen LogP contribution in [0.25, 0.3) is 0 Å². The Morgan fingerprint density at radius 2 is 1.93 bits per heavy atom. The Morgan fingerprint density at radius 1 is 1.17 bits per heavy atom. The maximum Gasteiger partial charge on any atom is 0.422 e. The Bertz CT molecular complexity index is 881. The fourth-order valence-electron chi connectivity index (χ4n) is 2.98. The highest BCUT2D eigenvalue weighted by Gasteiger charge is 2.47. The van der Waals surface area contributed by atoms with Crippen LogP contribution in [0.2, 0.25) is 0 Å². The number of nitrogens with one attached hydrogen (secondary N) is 1. The van der Waals surface area contributed by atoms with Gasteiger partial charge in [-0.15, -0.1) is 0 Å². The van der Waals surface area contributed by atoms with Gasteiger partial charge in [0.1, 0.15) is 11.6 Å². The number of rotatable bonds is 8. The van der Waals surface area contributed by atoms with Crippen LogP contribution in [-0.2, 0) is 16.8 Å². The second-order valence-electron chi connectivity index (χ2n) is 6.98. The molecule has 3 rings (SSSR count). The van der Waals surface area contributed by atoms with Crippen LogP contribution in [0.4, 0.5) is 22.0 Å². The second kappa shape index (κ2) is 8.34. The molecule has 1 heterocycles. The van der Waals surface area contributed by atoms with E-state index in [9.17, 15) is 26.7 Å². The van der Waals surface area contributed by atoms with Crippen molar-refractivity contribution in [1.29, 1.82) is 0 Å². The molecule has 1 amide bonds. The summed E-state index contributed by atoms with van der Waals surface area (Å²) in [7, 11) is 0. The Balaban J connectivity index is 1.53. The summed E-state index contributed by atoms with van der Waals surface area (Å²) in [4.78, 5) is 16.4. The zero-order valence-corrected chi connectivity index (χ0v) is 15.4. The van der Waals surface area contributed by atoms with E-state index in [2.05, 4.69) is 15.0 Å². The lowest BCUT2D eigenvalue weighted by molar-refractivity contribution is -0.154. The molecule has 2 aromatic rings. The number of carbonyl (C=O) groups excluding carboxylic acids is 1. The summed E-state index contributed by atoms with van der Waals surface area (Å²) in [5.74, 6) is -1.74. The van der Waals surface area contributed by atoms with Gasteiger partial charge in [-0.3, -0.25) is 4.79 Å². The minimum absolute atomic E-state index is 0.128. The third-order valence-corrected chi connectivity index (χ3v) is 4.59. The number of amides is 1. The van der Waals surface area contributed by atoms with Crippen molar-refractivity contribution in [3.63, 3.8) is 0 Å². The standard InChI is InChI=1S/C20H19F5N2O2/c21-14-8-7-13(15(22)11-14)3-1-5-17(28)27-19(9-10-19)16-4-2-6-18(26-16)29-12-20(23,24)25/h2,4,6-8,11H,1,3,5,9-10,12H2,(H,27,28). The molecule has 0 atom stereocenters. The smallest absolute Gasteiger partial charge is 0.422 e. The molecule has 4 nitrogen and oxygen atoms in total. The van der Waals surface area contributed by atoms with Gasteiger partial charge in [-0.1, -0.05) is 12.1 Å². The fraction of sp³-hybridized carbons (Fsp3) is 0.400. The number of aromatic nitrogens is 1. The third-order valence-electron chi connectivity index (χ3n) is 4.59. The molecule has 1 aromatic carbocycles. The minimum Gasteiger partial charge on any atom is -0.468 e. The first-order valence-corrected chi connectivity index (χ1v) is 9.09. The molecular weight excluding hydrogens is 395 g/mol. The van der Waals surface area contributed by atoms with Gasteiger partial charge in [-0.25, -0.2) is 13.8 Å². The second-order valence-corrected chi connectivity index (χ2v) is 6.98. The predicted octanol–water partition coefficient (Wildman–Crippen LogP) is 4.43. The number of ether oxygens (including phenoxy) is 1. The van der Waals surface area contributed by atoms with Crippen molar-refractivity contribution >= 4 is 5.91 Å². The number of benzene rings is 1. The monoisotopic (exact) mass is 414 g/mol. The van der Waals surface area contributed by atoms with Gasteiger partial charge in [0, 0.05) is 18.6 Å². The van der Waals surface area contributed by atoms with Gasteiger partial charge in [0.15, 0.2) is 6.61 Å². The van der Waals surface area contributed by atoms with Gasteiger partial charge >= 0.3 is 6.18 Å². The summed E-state index contributed by atoms with van der Waals surface area (Å²) in [6.45, 7) is -1.44. The number of halogens is 5. The van der Waals surface area contributed by atoms with E-state index in [-0.39, 0.29) is 24.6 Å². The van der Waals surface area contributed by atoms with E-state index >= 15 is 0 Å². The van der Waals surface area contributed by atoms with Crippen molar-refractivity contribution in [2.45, 2.75) is 43.8 Å². The average Bonchev–Trinajstić information content (AvgIpc) is 3.42. The summed E-state index contributed by atoms with van der Waals surface area (Å²) in [6.07, 6.45) is -2.46. The molecule has 0 aliphatic heterocycles. The molecule has 1 aliphatic rings. The maximum absolute atomic E-state index is 13.6. The van der Waals surface area contributed by atoms with E-state index in [1.54, 1.807) is 6.07 Å². The van der Waals surface area contributed by atoms with E-state index in [0.717, 1.165) is 12.1 Å². The maximum atomic E-state index is 13.6. The molecular formula is C20H19F5N2O2. The molecule has 1 N–H and O–H groups in total. The lowest BCUT2D eigenvalue weighted by atomic mass is 10.1. The van der Waals surface area contributed by atoms with Crippen molar-refractivity contribution < 1.29 is 31.5 Å². The Morgan fingerprint density at radius 3 is 2.59 bits per heavy atom. The Labute approximate surface area is 164 Å². The molecule has 0 saturated heterocycles. The van der Waals surface area contributed by atoms with E-state index < -0.39 is 30.0 Å². The van der Waals surface area contributed by atoms with Gasteiger partial charge in [0.05, 0.1) is 11.2 Å². The van der Waals surface area contributed by atoms with Crippen molar-refractivity contribution in [3.8, 4) is 5.88 Å². The highest BCUT2D eigenvalue weighted by Crippen LogP contribution is 2.45. The van der Waals surface area contributed by atoms with E-state index in [1.165, 1.54) is 18.2 Å². The molecule has 0 bridgehead atoms. The number of alkyl halides is 3. The number of hydrogen-bond acceptors (Lipinski definition) is 3. The fourth-order valence-corrected chi connectivity index (χ4v) is 2.98. The van der Waals surface area contributed by atoms with Gasteiger partial charge < -0.3 is 10.1 Å². The van der Waals surface area contributed by atoms with Crippen molar-refractivity contribution in [1.82, 2.24) is 10.3 Å². The minimum atomic E-state index is -4.47. The molecule has 29 heavy (non-hydrogen) atoms. The highest BCUT2D eigenvalue weighted by atomic mass is 19.4. The van der Waals surface area contributed by atoms with Crippen molar-refractivity contribution in [2.75, 3.05) is 6.61 Å². The zero-order valence-electron chi connectivity index (χ0n) is 15.4. The van der Waals surface area contributed by atoms with Crippen LogP contribution in [0.3, 0.4) is 0 Å². The van der Waals surface area contributed by atoms with Crippen LogP contribution in [0.5, 0.6) is 5.88 Å². The van der Waals surface area contributed by atoms with Crippen LogP contribution in [0, 0.1) is 11.6 Å². The van der Waals surface area contributed by atoms with E-state index in [1.807, 2.05) is 0 Å². The van der Waals surface area contributed by atoms with Crippen LogP contribution in [0.15, 0.2) is 36.4 Å². The molecule has 1 aliphatic carbocycles. The van der Waals surface area contributed by atoms with Crippen molar-refractivity contribution in [2.24, 2.45) is 0 Å². The number of aryl methyl sites for hydroxylation is 1. The molecule has 1 aromatic heterocycles. The van der Waals surface area contributed by atoms with Crippen LogP contribution in [0.1, 0.15) is 36.9 Å². The third kappa shape index (κ3) is 5.88. The molecule has 156 valence electrons. The molecule has 0 spiro atoms. The molecule has 0 radical (unpaired) electrons. The van der Waals surface area contributed by atoms with Gasteiger partial charge in [0.25, 0.3) is 0 Å². The highest BCUT2D eigenvalue weighted by molar-refractivity contribution is 5.77. The number of nitrogens with zero attached hydrogens (tertiary/aromatic N) is 1. The predicted molar refractivity (Wildman–Crippen MR) is 94.1 cm³/mol. The molecule has 0 unspecified atom stereocenters. The first kappa shape index (κ1) is 21.0. The average molecular weight is 414 g/mol. The number of pyridine rings is 1. The topological polar surface area (TPSA) is 51.2 Å². The molecule has 1 fully saturated rings. The van der Waals surface area contributed by atoms with E-state index in [4.69, 9.17) is 0 Å². The number of carbonyl (C=O) groups is 1. The van der Waals surface area contributed by atoms with Gasteiger partial charge in [-0.2, -0.15) is 13.2 Å². The molecule has 9 heteroatoms. The Hall–Kier alpha value is -2.71. The summed E-state index contributed by atoms with van der Waals surface area (Å²) in [5.41, 5.74) is 0.0575. The van der Waals surface area contributed by atoms with Gasteiger partial charge in [-0.05, 0) is 43.4 Å². The lowest BCUT2D eigenvalue weighted by Gasteiger charge is -2.18. The summed E-state index contributed by atoms with van der Waals surface area (Å²) >= 11 is 0. The summed E-state index contributed by atoms with van der Waals surface area (Å²) in [5, 5.41) is 2.86. The SMILES string of the molecule is O=C(CCCc1ccc(F)cc1F)NC1(c2cccc(OCC(F)(F)F)n2)CC1. The lowest BCUT2D eigenvalue weighted by Crippen LogP contribution is -2.35. The van der Waals surface area contributed by atoms with Crippen LogP contribution < -0.4 is 10.1 Å². The van der Waals surface area contributed by atoms with Crippen molar-refractivity contribution in [3.05, 3.63) is 59.3 Å². The normalized spacial score (nSPS) is 15.1. The first-order chi connectivity index (χ1) is 13.7. The van der Waals surface area contributed by atoms with E-state index in [0.29, 0.717) is 30.5 Å². The first-order valence-electron chi connectivity index (χ1n) is 9.09.